The van der Waals surface area contributed by atoms with Crippen LogP contribution in [-0.2, 0) is 14.8 Å². The molecule has 0 atom stereocenters. The normalized spacial score (nSPS) is 11.3. The van der Waals surface area contributed by atoms with Crippen LogP contribution in [-0.4, -0.2) is 26.7 Å². The summed E-state index contributed by atoms with van der Waals surface area (Å²) in [4.78, 5) is 23.5. The molecule has 0 saturated carbocycles. The summed E-state index contributed by atoms with van der Waals surface area (Å²) >= 11 is 0. The topological polar surface area (TPSA) is 92.3 Å². The highest BCUT2D eigenvalue weighted by Gasteiger charge is 2.15. The smallest absolute Gasteiger partial charge is 0.240 e. The predicted octanol–water partition coefficient (Wildman–Crippen LogP) is 3.12. The molecule has 2 rings (SSSR count). The summed E-state index contributed by atoms with van der Waals surface area (Å²) in [6.07, 6.45) is 0.0114. The third-order valence-corrected chi connectivity index (χ3v) is 5.63. The number of anilines is 1. The van der Waals surface area contributed by atoms with Crippen LogP contribution in [0, 0.1) is 20.8 Å². The number of benzene rings is 2. The maximum Gasteiger partial charge on any atom is 0.240 e. The number of ketones is 1. The lowest BCUT2D eigenvalue weighted by Gasteiger charge is -2.13. The molecule has 144 valence electrons. The van der Waals surface area contributed by atoms with Crippen LogP contribution in [0.25, 0.3) is 0 Å². The number of nitrogens with one attached hydrogen (secondary N) is 2. The lowest BCUT2D eigenvalue weighted by atomic mass is 10.1. The zero-order chi connectivity index (χ0) is 20.2. The maximum absolute atomic E-state index is 12.3. The van der Waals surface area contributed by atoms with E-state index in [1.165, 1.54) is 31.2 Å². The van der Waals surface area contributed by atoms with Crippen LogP contribution in [0.1, 0.15) is 40.4 Å². The lowest BCUT2D eigenvalue weighted by molar-refractivity contribution is -0.116. The molecule has 0 radical (unpaired) electrons. The number of aryl methyl sites for hydroxylation is 3. The SMILES string of the molecule is CC(=O)c1ccc(S(=O)(=O)NCCC(=O)Nc2c(C)cc(C)cc2C)cc1. The Morgan fingerprint density at radius 1 is 0.963 bits per heavy atom. The maximum atomic E-state index is 12.3. The molecule has 0 unspecified atom stereocenters. The second kappa shape index (κ2) is 8.45. The monoisotopic (exact) mass is 388 g/mol. The standard InChI is InChI=1S/C20H24N2O4S/c1-13-11-14(2)20(15(3)12-13)22-19(24)9-10-21-27(25,26)18-7-5-17(6-8-18)16(4)23/h5-8,11-12,21H,9-10H2,1-4H3,(H,22,24). The number of hydrogen-bond acceptors (Lipinski definition) is 4. The number of hydrogen-bond donors (Lipinski definition) is 2. The fourth-order valence-corrected chi connectivity index (χ4v) is 3.86. The van der Waals surface area contributed by atoms with Crippen LogP contribution in [0.2, 0.25) is 0 Å². The molecule has 0 aliphatic carbocycles. The van der Waals surface area contributed by atoms with Crippen molar-refractivity contribution in [3.05, 3.63) is 58.7 Å². The van der Waals surface area contributed by atoms with Gasteiger partial charge in [-0.15, -0.1) is 0 Å². The Morgan fingerprint density at radius 3 is 2.04 bits per heavy atom. The second-order valence-corrected chi connectivity index (χ2v) is 8.32. The molecule has 0 saturated heterocycles. The van der Waals surface area contributed by atoms with Crippen LogP contribution in [0.5, 0.6) is 0 Å². The Morgan fingerprint density at radius 2 is 1.52 bits per heavy atom. The minimum atomic E-state index is -3.73. The van der Waals surface area contributed by atoms with Crippen LogP contribution >= 0.6 is 0 Å². The lowest BCUT2D eigenvalue weighted by Crippen LogP contribution is -2.28. The van der Waals surface area contributed by atoms with E-state index < -0.39 is 10.0 Å². The Bertz CT molecular complexity index is 941. The van der Waals surface area contributed by atoms with Gasteiger partial charge in [0.15, 0.2) is 5.78 Å². The third kappa shape index (κ3) is 5.48. The number of Topliss-reactive ketones (excluding diaryl/α,β-unsaturated/α-hetero) is 1. The van der Waals surface area contributed by atoms with Crippen molar-refractivity contribution in [2.45, 2.75) is 39.0 Å². The first kappa shape index (κ1) is 20.8. The van der Waals surface area contributed by atoms with Gasteiger partial charge in [-0.3, -0.25) is 9.59 Å². The summed E-state index contributed by atoms with van der Waals surface area (Å²) in [6, 6.07) is 9.64. The summed E-state index contributed by atoms with van der Waals surface area (Å²) < 4.78 is 26.9. The Balaban J connectivity index is 1.95. The van der Waals surface area contributed by atoms with Gasteiger partial charge in [-0.2, -0.15) is 0 Å². The molecule has 0 aliphatic heterocycles. The molecular formula is C20H24N2O4S. The highest BCUT2D eigenvalue weighted by Crippen LogP contribution is 2.22. The molecule has 7 heteroatoms. The first-order valence-corrected chi connectivity index (χ1v) is 10.1. The number of amides is 1. The van der Waals surface area contributed by atoms with Gasteiger partial charge in [0.1, 0.15) is 0 Å². The van der Waals surface area contributed by atoms with E-state index >= 15 is 0 Å². The molecule has 0 fully saturated rings. The van der Waals surface area contributed by atoms with E-state index in [9.17, 15) is 18.0 Å². The molecule has 6 nitrogen and oxygen atoms in total. The summed E-state index contributed by atoms with van der Waals surface area (Å²) in [5.41, 5.74) is 4.25. The molecule has 1 amide bonds. The van der Waals surface area contributed by atoms with Crippen LogP contribution in [0.15, 0.2) is 41.3 Å². The van der Waals surface area contributed by atoms with Crippen molar-refractivity contribution in [2.75, 3.05) is 11.9 Å². The highest BCUT2D eigenvalue weighted by molar-refractivity contribution is 7.89. The fraction of sp³-hybridized carbons (Fsp3) is 0.300. The summed E-state index contributed by atoms with van der Waals surface area (Å²) in [7, 11) is -3.73. The predicted molar refractivity (Wildman–Crippen MR) is 106 cm³/mol. The van der Waals surface area contributed by atoms with Gasteiger partial charge in [0, 0.05) is 24.2 Å². The molecule has 0 aromatic heterocycles. The number of sulfonamides is 1. The first-order valence-electron chi connectivity index (χ1n) is 8.58. The van der Waals surface area contributed by atoms with Crippen molar-refractivity contribution in [3.63, 3.8) is 0 Å². The average molecular weight is 388 g/mol. The first-order chi connectivity index (χ1) is 12.6. The van der Waals surface area contributed by atoms with E-state index in [0.717, 1.165) is 22.4 Å². The minimum Gasteiger partial charge on any atom is -0.326 e. The van der Waals surface area contributed by atoms with Crippen molar-refractivity contribution in [1.82, 2.24) is 4.72 Å². The molecule has 27 heavy (non-hydrogen) atoms. The quantitative estimate of drug-likeness (QED) is 0.713. The van der Waals surface area contributed by atoms with Crippen molar-refractivity contribution < 1.29 is 18.0 Å². The van der Waals surface area contributed by atoms with E-state index in [4.69, 9.17) is 0 Å². The van der Waals surface area contributed by atoms with Crippen molar-refractivity contribution in [3.8, 4) is 0 Å². The third-order valence-electron chi connectivity index (χ3n) is 4.16. The number of carbonyl (C=O) groups excluding carboxylic acids is 2. The summed E-state index contributed by atoms with van der Waals surface area (Å²) in [6.45, 7) is 7.22. The van der Waals surface area contributed by atoms with Crippen LogP contribution in [0.4, 0.5) is 5.69 Å². The molecule has 0 spiro atoms. The van der Waals surface area contributed by atoms with Gasteiger partial charge in [0.25, 0.3) is 0 Å². The molecule has 0 heterocycles. The van der Waals surface area contributed by atoms with Gasteiger partial charge in [-0.05, 0) is 51.0 Å². The van der Waals surface area contributed by atoms with Crippen molar-refractivity contribution in [2.24, 2.45) is 0 Å². The van der Waals surface area contributed by atoms with Gasteiger partial charge < -0.3 is 5.32 Å². The van der Waals surface area contributed by atoms with Gasteiger partial charge in [-0.1, -0.05) is 29.8 Å². The zero-order valence-corrected chi connectivity index (χ0v) is 16.7. The second-order valence-electron chi connectivity index (χ2n) is 6.55. The fourth-order valence-electron chi connectivity index (χ4n) is 2.83. The van der Waals surface area contributed by atoms with Crippen LogP contribution in [0.3, 0.4) is 0 Å². The molecule has 0 aliphatic rings. The van der Waals surface area contributed by atoms with Crippen LogP contribution < -0.4 is 10.0 Å². The zero-order valence-electron chi connectivity index (χ0n) is 15.9. The Kier molecular flexibility index (Phi) is 6.51. The number of carbonyl (C=O) groups is 2. The molecule has 2 aromatic carbocycles. The van der Waals surface area contributed by atoms with E-state index in [1.54, 1.807) is 0 Å². The van der Waals surface area contributed by atoms with Gasteiger partial charge in [-0.25, -0.2) is 13.1 Å². The highest BCUT2D eigenvalue weighted by atomic mass is 32.2. The van der Waals surface area contributed by atoms with E-state index in [0.29, 0.717) is 5.56 Å². The van der Waals surface area contributed by atoms with Crippen molar-refractivity contribution in [1.29, 1.82) is 0 Å². The van der Waals surface area contributed by atoms with Crippen molar-refractivity contribution >= 4 is 27.4 Å². The van der Waals surface area contributed by atoms with E-state index in [1.807, 2.05) is 32.9 Å². The molecule has 2 N–H and O–H groups in total. The molecule has 0 bridgehead atoms. The summed E-state index contributed by atoms with van der Waals surface area (Å²) in [5, 5.41) is 2.84. The number of rotatable bonds is 7. The largest absolute Gasteiger partial charge is 0.326 e. The Hall–Kier alpha value is -2.51. The van der Waals surface area contributed by atoms with E-state index in [-0.39, 0.29) is 29.6 Å². The minimum absolute atomic E-state index is 0.0114. The molecular weight excluding hydrogens is 364 g/mol. The van der Waals surface area contributed by atoms with E-state index in [2.05, 4.69) is 10.0 Å². The average Bonchev–Trinajstić information content (AvgIpc) is 2.58. The Labute approximate surface area is 160 Å². The molecule has 2 aromatic rings. The summed E-state index contributed by atoms with van der Waals surface area (Å²) in [5.74, 6) is -0.398. The van der Waals surface area contributed by atoms with Gasteiger partial charge in [0.05, 0.1) is 4.90 Å². The van der Waals surface area contributed by atoms with Gasteiger partial charge >= 0.3 is 0 Å². The van der Waals surface area contributed by atoms with Gasteiger partial charge in [0.2, 0.25) is 15.9 Å².